The fraction of sp³-hybridized carbons (Fsp3) is 0.417. The maximum atomic E-state index is 13.0. The van der Waals surface area contributed by atoms with E-state index in [0.29, 0.717) is 13.2 Å². The summed E-state index contributed by atoms with van der Waals surface area (Å²) in [5.74, 6) is -2.28. The van der Waals surface area contributed by atoms with E-state index in [2.05, 4.69) is 0 Å². The SMILES string of the molecule is CN1CCOC(C(=O)c2ccc(F)c(F)c2)C1. The zero-order valence-corrected chi connectivity index (χ0v) is 9.45. The highest BCUT2D eigenvalue weighted by atomic mass is 19.2. The molecule has 0 spiro atoms. The van der Waals surface area contributed by atoms with Gasteiger partial charge in [-0.25, -0.2) is 8.78 Å². The number of nitrogens with zero attached hydrogens (tertiary/aromatic N) is 1. The van der Waals surface area contributed by atoms with Crippen molar-refractivity contribution in [1.29, 1.82) is 0 Å². The molecule has 0 amide bonds. The summed E-state index contributed by atoms with van der Waals surface area (Å²) in [6.07, 6.45) is -0.599. The van der Waals surface area contributed by atoms with E-state index in [1.807, 2.05) is 11.9 Å². The molecule has 0 saturated carbocycles. The number of carbonyl (C=O) groups excluding carboxylic acids is 1. The van der Waals surface area contributed by atoms with Crippen LogP contribution in [0.2, 0.25) is 0 Å². The van der Waals surface area contributed by atoms with Crippen molar-refractivity contribution in [2.45, 2.75) is 6.10 Å². The molecule has 0 N–H and O–H groups in total. The van der Waals surface area contributed by atoms with Crippen LogP contribution in [0.1, 0.15) is 10.4 Å². The molecule has 1 heterocycles. The van der Waals surface area contributed by atoms with E-state index < -0.39 is 17.7 Å². The topological polar surface area (TPSA) is 29.5 Å². The zero-order chi connectivity index (χ0) is 12.4. The third-order valence-electron chi connectivity index (χ3n) is 2.77. The normalized spacial score (nSPS) is 21.5. The summed E-state index contributed by atoms with van der Waals surface area (Å²) in [7, 11) is 1.88. The van der Waals surface area contributed by atoms with Crippen LogP contribution in [-0.4, -0.2) is 43.5 Å². The van der Waals surface area contributed by atoms with Crippen molar-refractivity contribution in [1.82, 2.24) is 4.90 Å². The standard InChI is InChI=1S/C12H13F2NO2/c1-15-4-5-17-11(7-15)12(16)8-2-3-9(13)10(14)6-8/h2-3,6,11H,4-5,7H2,1H3. The van der Waals surface area contributed by atoms with E-state index >= 15 is 0 Å². The van der Waals surface area contributed by atoms with Crippen molar-refractivity contribution in [3.8, 4) is 0 Å². The van der Waals surface area contributed by atoms with Gasteiger partial charge in [-0.1, -0.05) is 0 Å². The molecule has 1 atom stereocenters. The van der Waals surface area contributed by atoms with Gasteiger partial charge in [-0.05, 0) is 25.2 Å². The van der Waals surface area contributed by atoms with E-state index in [9.17, 15) is 13.6 Å². The van der Waals surface area contributed by atoms with Crippen LogP contribution in [0.15, 0.2) is 18.2 Å². The lowest BCUT2D eigenvalue weighted by atomic mass is 10.0. The molecule has 5 heteroatoms. The smallest absolute Gasteiger partial charge is 0.192 e. The fourth-order valence-electron chi connectivity index (χ4n) is 1.77. The quantitative estimate of drug-likeness (QED) is 0.734. The fourth-order valence-corrected chi connectivity index (χ4v) is 1.77. The van der Waals surface area contributed by atoms with Crippen LogP contribution >= 0.6 is 0 Å². The maximum Gasteiger partial charge on any atom is 0.192 e. The minimum Gasteiger partial charge on any atom is -0.367 e. The minimum absolute atomic E-state index is 0.143. The summed E-state index contributed by atoms with van der Waals surface area (Å²) in [5, 5.41) is 0. The van der Waals surface area contributed by atoms with Gasteiger partial charge in [0.2, 0.25) is 0 Å². The highest BCUT2D eigenvalue weighted by molar-refractivity contribution is 5.99. The Hall–Kier alpha value is -1.33. The molecule has 1 aromatic rings. The van der Waals surface area contributed by atoms with Crippen LogP contribution in [0.5, 0.6) is 0 Å². The van der Waals surface area contributed by atoms with Gasteiger partial charge >= 0.3 is 0 Å². The van der Waals surface area contributed by atoms with Crippen molar-refractivity contribution < 1.29 is 18.3 Å². The van der Waals surface area contributed by atoms with E-state index in [-0.39, 0.29) is 11.3 Å². The van der Waals surface area contributed by atoms with Crippen molar-refractivity contribution >= 4 is 5.78 Å². The van der Waals surface area contributed by atoms with E-state index in [4.69, 9.17) is 4.74 Å². The van der Waals surface area contributed by atoms with Gasteiger partial charge in [0, 0.05) is 18.7 Å². The van der Waals surface area contributed by atoms with Gasteiger partial charge in [-0.15, -0.1) is 0 Å². The molecule has 1 saturated heterocycles. The number of morpholine rings is 1. The van der Waals surface area contributed by atoms with Gasteiger partial charge in [0.25, 0.3) is 0 Å². The van der Waals surface area contributed by atoms with Crippen molar-refractivity contribution in [3.05, 3.63) is 35.4 Å². The Labute approximate surface area is 98.0 Å². The third-order valence-corrected chi connectivity index (χ3v) is 2.77. The Morgan fingerprint density at radius 3 is 2.82 bits per heavy atom. The Balaban J connectivity index is 2.15. The molecular weight excluding hydrogens is 228 g/mol. The molecule has 0 aromatic heterocycles. The van der Waals surface area contributed by atoms with Gasteiger partial charge in [0.15, 0.2) is 17.4 Å². The Morgan fingerprint density at radius 2 is 2.18 bits per heavy atom. The number of ether oxygens (including phenoxy) is 1. The van der Waals surface area contributed by atoms with Crippen LogP contribution < -0.4 is 0 Å². The van der Waals surface area contributed by atoms with Gasteiger partial charge in [0.1, 0.15) is 6.10 Å². The second-order valence-corrected chi connectivity index (χ2v) is 4.11. The minimum atomic E-state index is -1.01. The number of Topliss-reactive ketones (excluding diaryl/α,β-unsaturated/α-hetero) is 1. The highest BCUT2D eigenvalue weighted by Gasteiger charge is 2.26. The molecule has 3 nitrogen and oxygen atoms in total. The Morgan fingerprint density at radius 1 is 1.41 bits per heavy atom. The van der Waals surface area contributed by atoms with Gasteiger partial charge in [-0.3, -0.25) is 4.79 Å². The summed E-state index contributed by atoms with van der Waals surface area (Å²) in [5.41, 5.74) is 0.143. The predicted octanol–water partition coefficient (Wildman–Crippen LogP) is 1.48. The van der Waals surface area contributed by atoms with Gasteiger partial charge < -0.3 is 9.64 Å². The lowest BCUT2D eigenvalue weighted by Crippen LogP contribution is -2.44. The average molecular weight is 241 g/mol. The molecule has 1 aliphatic heterocycles. The molecule has 1 unspecified atom stereocenters. The second kappa shape index (κ2) is 4.89. The first-order chi connectivity index (χ1) is 8.08. The average Bonchev–Trinajstić information content (AvgIpc) is 2.32. The first-order valence-electron chi connectivity index (χ1n) is 5.37. The van der Waals surface area contributed by atoms with Crippen molar-refractivity contribution in [2.75, 3.05) is 26.7 Å². The zero-order valence-electron chi connectivity index (χ0n) is 9.45. The molecule has 1 fully saturated rings. The molecule has 1 aliphatic rings. The first kappa shape index (κ1) is 12.1. The molecule has 0 bridgehead atoms. The van der Waals surface area contributed by atoms with E-state index in [0.717, 1.165) is 18.7 Å². The first-order valence-corrected chi connectivity index (χ1v) is 5.37. The van der Waals surface area contributed by atoms with Crippen LogP contribution in [0.3, 0.4) is 0 Å². The number of likely N-dealkylation sites (N-methyl/N-ethyl adjacent to an activating group) is 1. The number of benzene rings is 1. The monoisotopic (exact) mass is 241 g/mol. The van der Waals surface area contributed by atoms with Crippen LogP contribution in [-0.2, 0) is 4.74 Å². The van der Waals surface area contributed by atoms with Crippen molar-refractivity contribution in [3.63, 3.8) is 0 Å². The van der Waals surface area contributed by atoms with Gasteiger partial charge in [0.05, 0.1) is 6.61 Å². The summed E-state index contributed by atoms with van der Waals surface area (Å²) in [6, 6.07) is 3.14. The van der Waals surface area contributed by atoms with Gasteiger partial charge in [-0.2, -0.15) is 0 Å². The Kier molecular flexibility index (Phi) is 3.49. The van der Waals surface area contributed by atoms with Crippen LogP contribution in [0, 0.1) is 11.6 Å². The highest BCUT2D eigenvalue weighted by Crippen LogP contribution is 2.14. The molecule has 92 valence electrons. The van der Waals surface area contributed by atoms with Crippen LogP contribution in [0.4, 0.5) is 8.78 Å². The number of carbonyl (C=O) groups is 1. The summed E-state index contributed by atoms with van der Waals surface area (Å²) < 4.78 is 31.1. The largest absolute Gasteiger partial charge is 0.367 e. The second-order valence-electron chi connectivity index (χ2n) is 4.11. The Bertz CT molecular complexity index is 437. The van der Waals surface area contributed by atoms with E-state index in [1.165, 1.54) is 6.07 Å². The summed E-state index contributed by atoms with van der Waals surface area (Å²) >= 11 is 0. The summed E-state index contributed by atoms with van der Waals surface area (Å²) in [4.78, 5) is 13.9. The maximum absolute atomic E-state index is 13.0. The molecule has 0 aliphatic carbocycles. The molecule has 17 heavy (non-hydrogen) atoms. The lowest BCUT2D eigenvalue weighted by Gasteiger charge is -2.29. The number of hydrogen-bond acceptors (Lipinski definition) is 3. The van der Waals surface area contributed by atoms with Crippen molar-refractivity contribution in [2.24, 2.45) is 0 Å². The molecule has 1 aromatic carbocycles. The number of rotatable bonds is 2. The third kappa shape index (κ3) is 2.68. The number of ketones is 1. The molecule has 2 rings (SSSR count). The molecule has 0 radical (unpaired) electrons. The van der Waals surface area contributed by atoms with Crippen LogP contribution in [0.25, 0.3) is 0 Å². The van der Waals surface area contributed by atoms with E-state index in [1.54, 1.807) is 0 Å². The number of hydrogen-bond donors (Lipinski definition) is 0. The summed E-state index contributed by atoms with van der Waals surface area (Å²) in [6.45, 7) is 1.70. The lowest BCUT2D eigenvalue weighted by molar-refractivity contribution is -0.00864. The number of halogens is 2. The predicted molar refractivity (Wildman–Crippen MR) is 57.9 cm³/mol. The molecular formula is C12H13F2NO2.